The SMILES string of the molecule is COC[C@H](NC(=O)[C@H](C)NCc1ccc(Cl)cc1Oc1ccc(-c2cnc(CN(C)C)n2C)nc1)C(=O)N(C)[C@@]1(Cc2ccc(Cl)cc2)CCCN(C(=O)OC(C)(C)C)C1. The van der Waals surface area contributed by atoms with E-state index in [0.29, 0.717) is 53.9 Å². The van der Waals surface area contributed by atoms with Crippen molar-refractivity contribution in [3.63, 3.8) is 0 Å². The lowest BCUT2D eigenvalue weighted by Crippen LogP contribution is -2.65. The van der Waals surface area contributed by atoms with E-state index in [-0.39, 0.29) is 25.6 Å². The first kappa shape index (κ1) is 46.3. The van der Waals surface area contributed by atoms with E-state index >= 15 is 0 Å². The number of aromatic nitrogens is 3. The molecule has 1 aliphatic rings. The second-order valence-electron chi connectivity index (χ2n) is 16.6. The van der Waals surface area contributed by atoms with Crippen LogP contribution in [-0.2, 0) is 45.6 Å². The van der Waals surface area contributed by atoms with Crippen molar-refractivity contribution in [2.45, 2.75) is 83.3 Å². The number of halogens is 2. The molecule has 0 bridgehead atoms. The zero-order chi connectivity index (χ0) is 43.8. The van der Waals surface area contributed by atoms with Crippen molar-refractivity contribution in [3.05, 3.63) is 94.0 Å². The van der Waals surface area contributed by atoms with E-state index in [1.165, 1.54) is 7.11 Å². The molecule has 60 heavy (non-hydrogen) atoms. The van der Waals surface area contributed by atoms with E-state index in [4.69, 9.17) is 37.4 Å². The number of carbonyl (C=O) groups is 3. The van der Waals surface area contributed by atoms with Crippen LogP contribution in [0.4, 0.5) is 4.79 Å². The van der Waals surface area contributed by atoms with Crippen molar-refractivity contribution in [1.29, 1.82) is 0 Å². The molecule has 0 unspecified atom stereocenters. The van der Waals surface area contributed by atoms with Crippen LogP contribution in [-0.4, -0.2) is 118 Å². The zero-order valence-electron chi connectivity index (χ0n) is 36.1. The summed E-state index contributed by atoms with van der Waals surface area (Å²) >= 11 is 12.6. The monoisotopic (exact) mass is 864 g/mol. The third-order valence-electron chi connectivity index (χ3n) is 10.4. The van der Waals surface area contributed by atoms with E-state index in [1.54, 1.807) is 42.1 Å². The van der Waals surface area contributed by atoms with Gasteiger partial charge in [0.2, 0.25) is 11.8 Å². The van der Waals surface area contributed by atoms with Crippen LogP contribution in [0.25, 0.3) is 11.4 Å². The molecule has 2 aromatic heterocycles. The van der Waals surface area contributed by atoms with Crippen molar-refractivity contribution in [2.24, 2.45) is 7.05 Å². The van der Waals surface area contributed by atoms with E-state index in [0.717, 1.165) is 28.3 Å². The van der Waals surface area contributed by atoms with Crippen LogP contribution in [0.2, 0.25) is 10.0 Å². The van der Waals surface area contributed by atoms with Crippen LogP contribution in [0.5, 0.6) is 11.5 Å². The van der Waals surface area contributed by atoms with E-state index in [9.17, 15) is 14.4 Å². The molecule has 0 aliphatic carbocycles. The molecule has 14 nitrogen and oxygen atoms in total. The van der Waals surface area contributed by atoms with Crippen LogP contribution < -0.4 is 15.4 Å². The van der Waals surface area contributed by atoms with Crippen molar-refractivity contribution in [1.82, 2.24) is 39.9 Å². The highest BCUT2D eigenvalue weighted by Gasteiger charge is 2.45. The number of pyridine rings is 1. The molecular weight excluding hydrogens is 807 g/mol. The number of nitrogens with zero attached hydrogens (tertiary/aromatic N) is 6. The summed E-state index contributed by atoms with van der Waals surface area (Å²) in [6.07, 6.45) is 4.73. The Hall–Kier alpha value is -4.73. The number of carbonyl (C=O) groups excluding carboxylic acids is 3. The first-order chi connectivity index (χ1) is 28.4. The number of hydrogen-bond acceptors (Lipinski definition) is 10. The first-order valence-electron chi connectivity index (χ1n) is 20.0. The number of imidazole rings is 1. The third kappa shape index (κ3) is 12.2. The Morgan fingerprint density at radius 2 is 1.70 bits per heavy atom. The van der Waals surface area contributed by atoms with Gasteiger partial charge in [0.25, 0.3) is 0 Å². The van der Waals surface area contributed by atoms with Gasteiger partial charge in [0.15, 0.2) is 0 Å². The van der Waals surface area contributed by atoms with Gasteiger partial charge in [0.1, 0.15) is 29.0 Å². The fourth-order valence-corrected chi connectivity index (χ4v) is 7.47. The van der Waals surface area contributed by atoms with Crippen LogP contribution in [0.15, 0.2) is 67.0 Å². The summed E-state index contributed by atoms with van der Waals surface area (Å²) in [5.74, 6) is 1.19. The minimum atomic E-state index is -1.01. The first-order valence-corrected chi connectivity index (χ1v) is 20.7. The van der Waals surface area contributed by atoms with Crippen LogP contribution in [0, 0.1) is 0 Å². The topological polar surface area (TPSA) is 143 Å². The van der Waals surface area contributed by atoms with Crippen molar-refractivity contribution >= 4 is 41.1 Å². The molecule has 0 radical (unpaired) electrons. The Bertz CT molecular complexity index is 2090. The largest absolute Gasteiger partial charge is 0.455 e. The van der Waals surface area contributed by atoms with Crippen LogP contribution in [0.1, 0.15) is 57.5 Å². The highest BCUT2D eigenvalue weighted by atomic mass is 35.5. The Morgan fingerprint density at radius 1 is 0.983 bits per heavy atom. The fraction of sp³-hybridized carbons (Fsp3) is 0.477. The number of likely N-dealkylation sites (N-methyl/N-ethyl adjacent to an activating group) is 1. The van der Waals surface area contributed by atoms with Gasteiger partial charge >= 0.3 is 6.09 Å². The van der Waals surface area contributed by atoms with Crippen molar-refractivity contribution < 1.29 is 28.6 Å². The molecule has 3 atom stereocenters. The van der Waals surface area contributed by atoms with Crippen molar-refractivity contribution in [3.8, 4) is 22.9 Å². The maximum Gasteiger partial charge on any atom is 0.410 e. The number of methoxy groups -OCH3 is 1. The van der Waals surface area contributed by atoms with Crippen LogP contribution >= 0.6 is 23.2 Å². The van der Waals surface area contributed by atoms with Gasteiger partial charge in [0.05, 0.1) is 48.5 Å². The molecule has 0 spiro atoms. The highest BCUT2D eigenvalue weighted by molar-refractivity contribution is 6.31. The predicted molar refractivity (Wildman–Crippen MR) is 233 cm³/mol. The molecule has 2 aromatic carbocycles. The van der Waals surface area contributed by atoms with Gasteiger partial charge in [-0.3, -0.25) is 14.6 Å². The third-order valence-corrected chi connectivity index (χ3v) is 10.9. The molecule has 0 saturated carbocycles. The number of benzene rings is 2. The number of likely N-dealkylation sites (tertiary alicyclic amines) is 1. The fourth-order valence-electron chi connectivity index (χ4n) is 7.18. The summed E-state index contributed by atoms with van der Waals surface area (Å²) in [4.78, 5) is 56.1. The predicted octanol–water partition coefficient (Wildman–Crippen LogP) is 6.72. The maximum atomic E-state index is 14.4. The Labute approximate surface area is 363 Å². The zero-order valence-corrected chi connectivity index (χ0v) is 37.6. The molecular formula is C44H58Cl2N8O6. The summed E-state index contributed by atoms with van der Waals surface area (Å²) in [5.41, 5.74) is 1.85. The summed E-state index contributed by atoms with van der Waals surface area (Å²) in [7, 11) is 9.16. The summed E-state index contributed by atoms with van der Waals surface area (Å²) < 4.78 is 19.5. The average Bonchev–Trinajstić information content (AvgIpc) is 3.55. The summed E-state index contributed by atoms with van der Waals surface area (Å²) in [5, 5.41) is 7.26. The average molecular weight is 866 g/mol. The summed E-state index contributed by atoms with van der Waals surface area (Å²) in [6, 6.07) is 14.7. The smallest absolute Gasteiger partial charge is 0.410 e. The van der Waals surface area contributed by atoms with Gasteiger partial charge in [-0.25, -0.2) is 9.78 Å². The van der Waals surface area contributed by atoms with Gasteiger partial charge < -0.3 is 44.1 Å². The minimum absolute atomic E-state index is 0.0612. The summed E-state index contributed by atoms with van der Waals surface area (Å²) in [6.45, 7) is 8.83. The lowest BCUT2D eigenvalue weighted by molar-refractivity contribution is -0.144. The molecule has 324 valence electrons. The molecule has 2 N–H and O–H groups in total. The Kier molecular flexibility index (Phi) is 15.6. The molecule has 3 amide bonds. The van der Waals surface area contributed by atoms with Gasteiger partial charge in [0, 0.05) is 56.4 Å². The molecule has 5 rings (SSSR count). The lowest BCUT2D eigenvalue weighted by Gasteiger charge is -2.49. The number of amides is 3. The lowest BCUT2D eigenvalue weighted by atomic mass is 9.81. The molecule has 3 heterocycles. The van der Waals surface area contributed by atoms with E-state index in [1.807, 2.05) is 95.1 Å². The molecule has 4 aromatic rings. The quantitative estimate of drug-likeness (QED) is 0.125. The molecule has 1 fully saturated rings. The second kappa shape index (κ2) is 20.2. The van der Waals surface area contributed by atoms with Crippen molar-refractivity contribution in [2.75, 3.05) is 47.9 Å². The number of rotatable bonds is 16. The highest BCUT2D eigenvalue weighted by Crippen LogP contribution is 2.33. The molecule has 1 saturated heterocycles. The molecule has 16 heteroatoms. The Balaban J connectivity index is 1.27. The van der Waals surface area contributed by atoms with Gasteiger partial charge in [-0.2, -0.15) is 0 Å². The van der Waals surface area contributed by atoms with E-state index < -0.39 is 35.2 Å². The van der Waals surface area contributed by atoms with Gasteiger partial charge in [-0.15, -0.1) is 0 Å². The standard InChI is InChI=1S/C44H58Cl2N8O6/c1-29(47-23-31-13-16-33(46)21-38(31)59-34-17-18-35(48-24-34)37-25-49-39(52(37)7)26-51(5)6)40(55)50-36(27-58-9)41(56)53(8)44(22-30-11-14-32(45)15-12-30)19-10-20-54(28-44)42(57)60-43(2,3)4/h11-18,21,24-25,29,36,47H,10,19-20,22-23,26-28H2,1-9H3,(H,50,55)/t29-,36-,44+/m0/s1. The van der Waals surface area contributed by atoms with Gasteiger partial charge in [-0.05, 0) is 103 Å². The number of ether oxygens (including phenoxy) is 3. The van der Waals surface area contributed by atoms with Gasteiger partial charge in [-0.1, -0.05) is 41.4 Å². The Morgan fingerprint density at radius 3 is 2.35 bits per heavy atom. The minimum Gasteiger partial charge on any atom is -0.455 e. The number of nitrogens with one attached hydrogen (secondary N) is 2. The molecule has 1 aliphatic heterocycles. The van der Waals surface area contributed by atoms with E-state index in [2.05, 4.69) is 25.5 Å². The van der Waals surface area contributed by atoms with Crippen LogP contribution in [0.3, 0.4) is 0 Å². The normalized spacial score (nSPS) is 16.6. The number of hydrogen-bond donors (Lipinski definition) is 2. The number of piperidine rings is 1. The second-order valence-corrected chi connectivity index (χ2v) is 17.5. The maximum absolute atomic E-state index is 14.4.